The van der Waals surface area contributed by atoms with E-state index in [1.165, 1.54) is 28.9 Å². The van der Waals surface area contributed by atoms with Gasteiger partial charge in [-0.3, -0.25) is 4.79 Å². The first-order valence-electron chi connectivity index (χ1n) is 9.50. The molecule has 4 rings (SSSR count). The molecular weight excluding hydrogens is 326 g/mol. The molecule has 1 fully saturated rings. The summed E-state index contributed by atoms with van der Waals surface area (Å²) in [5.41, 5.74) is 3.75. The summed E-state index contributed by atoms with van der Waals surface area (Å²) in [5, 5.41) is 3.11. The van der Waals surface area contributed by atoms with Gasteiger partial charge in [-0.1, -0.05) is 6.07 Å². The third-order valence-electron chi connectivity index (χ3n) is 5.61. The van der Waals surface area contributed by atoms with Crippen molar-refractivity contribution in [1.82, 2.24) is 9.97 Å². The van der Waals surface area contributed by atoms with Gasteiger partial charge in [-0.05, 0) is 55.5 Å². The molecule has 1 aromatic carbocycles. The number of quaternary nitrogens is 1. The van der Waals surface area contributed by atoms with E-state index in [0.29, 0.717) is 0 Å². The van der Waals surface area contributed by atoms with Crippen LogP contribution in [0.3, 0.4) is 0 Å². The molecule has 2 aliphatic rings. The van der Waals surface area contributed by atoms with Gasteiger partial charge in [-0.2, -0.15) is 0 Å². The van der Waals surface area contributed by atoms with Gasteiger partial charge < -0.3 is 15.1 Å². The van der Waals surface area contributed by atoms with Crippen LogP contribution in [-0.2, 0) is 17.6 Å². The fourth-order valence-electron chi connectivity index (χ4n) is 3.97. The van der Waals surface area contributed by atoms with Crippen LogP contribution in [0.1, 0.15) is 24.5 Å². The van der Waals surface area contributed by atoms with Crippen LogP contribution in [-0.4, -0.2) is 48.1 Å². The summed E-state index contributed by atoms with van der Waals surface area (Å²) in [4.78, 5) is 24.8. The van der Waals surface area contributed by atoms with E-state index in [-0.39, 0.29) is 11.9 Å². The quantitative estimate of drug-likeness (QED) is 0.850. The molecule has 6 heteroatoms. The number of carbonyl (C=O) groups is 1. The summed E-state index contributed by atoms with van der Waals surface area (Å²) in [6.07, 6.45) is 7.06. The highest BCUT2D eigenvalue weighted by molar-refractivity contribution is 5.93. The second-order valence-corrected chi connectivity index (χ2v) is 7.24. The number of rotatable bonds is 4. The molecule has 0 radical (unpaired) electrons. The topological polar surface area (TPSA) is 62.6 Å². The first-order chi connectivity index (χ1) is 12.7. The van der Waals surface area contributed by atoms with Gasteiger partial charge in [0.2, 0.25) is 5.95 Å². The van der Waals surface area contributed by atoms with Gasteiger partial charge in [0.05, 0.1) is 26.2 Å². The van der Waals surface area contributed by atoms with Crippen molar-refractivity contribution in [3.63, 3.8) is 0 Å². The van der Waals surface area contributed by atoms with Crippen LogP contribution >= 0.6 is 0 Å². The van der Waals surface area contributed by atoms with Gasteiger partial charge >= 0.3 is 0 Å². The average molecular weight is 352 g/mol. The molecule has 136 valence electrons. The summed E-state index contributed by atoms with van der Waals surface area (Å²) in [6, 6.07) is 8.11. The number of benzene rings is 1. The molecule has 1 aromatic heterocycles. The Kier molecular flexibility index (Phi) is 4.84. The van der Waals surface area contributed by atoms with Crippen LogP contribution in [0.25, 0.3) is 0 Å². The van der Waals surface area contributed by atoms with E-state index >= 15 is 0 Å². The number of nitrogens with zero attached hydrogens (tertiary/aromatic N) is 3. The van der Waals surface area contributed by atoms with Crippen molar-refractivity contribution in [2.45, 2.75) is 32.2 Å². The Bertz CT molecular complexity index is 771. The van der Waals surface area contributed by atoms with Crippen LogP contribution in [0, 0.1) is 0 Å². The highest BCUT2D eigenvalue weighted by Gasteiger charge is 2.30. The standard InChI is InChI=1S/C20H25N5O/c1-15(19(26)23-18-7-6-16-4-2-5-17(16)14-18)24-10-12-25(13-11-24)20-21-8-3-9-22-20/h3,6-9,14-15H,2,4-5,10-13H2,1H3,(H,23,26)/p+1/t15-/m1/s1. The third kappa shape index (κ3) is 3.55. The SMILES string of the molecule is C[C@H](C(=O)Nc1ccc2c(c1)CCC2)[NH+]1CCN(c2ncccn2)CC1. The molecule has 2 N–H and O–H groups in total. The number of fused-ring (bicyclic) bond motifs is 1. The van der Waals surface area contributed by atoms with E-state index in [2.05, 4.69) is 32.3 Å². The Morgan fingerprint density at radius 3 is 2.65 bits per heavy atom. The fourth-order valence-corrected chi connectivity index (χ4v) is 3.97. The summed E-state index contributed by atoms with van der Waals surface area (Å²) in [6.45, 7) is 5.59. The maximum atomic E-state index is 12.7. The summed E-state index contributed by atoms with van der Waals surface area (Å²) in [5.74, 6) is 0.879. The first kappa shape index (κ1) is 17.0. The largest absolute Gasteiger partial charge is 0.330 e. The minimum Gasteiger partial charge on any atom is -0.330 e. The number of hydrogen-bond donors (Lipinski definition) is 2. The number of aromatic nitrogens is 2. The Morgan fingerprint density at radius 1 is 1.15 bits per heavy atom. The Balaban J connectivity index is 1.33. The van der Waals surface area contributed by atoms with Gasteiger partial charge in [0.15, 0.2) is 6.04 Å². The van der Waals surface area contributed by atoms with E-state index in [1.54, 1.807) is 12.4 Å². The van der Waals surface area contributed by atoms with Gasteiger partial charge in [0.25, 0.3) is 5.91 Å². The lowest BCUT2D eigenvalue weighted by Crippen LogP contribution is -3.19. The van der Waals surface area contributed by atoms with Crippen LogP contribution in [0.4, 0.5) is 11.6 Å². The molecule has 1 aliphatic heterocycles. The number of hydrogen-bond acceptors (Lipinski definition) is 4. The van der Waals surface area contributed by atoms with Crippen molar-refractivity contribution in [3.8, 4) is 0 Å². The smallest absolute Gasteiger partial charge is 0.282 e. The molecule has 1 atom stereocenters. The molecule has 0 saturated carbocycles. The van der Waals surface area contributed by atoms with E-state index < -0.39 is 0 Å². The Hall–Kier alpha value is -2.47. The predicted molar refractivity (Wildman–Crippen MR) is 102 cm³/mol. The lowest BCUT2D eigenvalue weighted by Gasteiger charge is -2.34. The first-order valence-corrected chi connectivity index (χ1v) is 9.50. The zero-order valence-corrected chi connectivity index (χ0v) is 15.2. The van der Waals surface area contributed by atoms with E-state index in [4.69, 9.17) is 0 Å². The highest BCUT2D eigenvalue weighted by atomic mass is 16.2. The Labute approximate surface area is 154 Å². The van der Waals surface area contributed by atoms with Gasteiger partial charge in [-0.25, -0.2) is 9.97 Å². The predicted octanol–water partition coefficient (Wildman–Crippen LogP) is 0.697. The number of aryl methyl sites for hydroxylation is 2. The molecule has 1 aliphatic carbocycles. The molecule has 6 nitrogen and oxygen atoms in total. The molecule has 2 heterocycles. The maximum absolute atomic E-state index is 12.7. The van der Waals surface area contributed by atoms with Gasteiger partial charge in [-0.15, -0.1) is 0 Å². The lowest BCUT2D eigenvalue weighted by molar-refractivity contribution is -0.914. The molecule has 2 aromatic rings. The number of carbonyl (C=O) groups excluding carboxylic acids is 1. The summed E-state index contributed by atoms with van der Waals surface area (Å²) < 4.78 is 0. The van der Waals surface area contributed by atoms with Crippen molar-refractivity contribution < 1.29 is 9.69 Å². The van der Waals surface area contributed by atoms with Crippen molar-refractivity contribution in [1.29, 1.82) is 0 Å². The average Bonchev–Trinajstić information content (AvgIpc) is 3.16. The van der Waals surface area contributed by atoms with Crippen LogP contribution in [0.15, 0.2) is 36.7 Å². The van der Waals surface area contributed by atoms with Crippen LogP contribution in [0.5, 0.6) is 0 Å². The minimum atomic E-state index is -0.0675. The van der Waals surface area contributed by atoms with Gasteiger partial charge in [0.1, 0.15) is 0 Å². The second-order valence-electron chi connectivity index (χ2n) is 7.24. The summed E-state index contributed by atoms with van der Waals surface area (Å²) >= 11 is 0. The molecule has 0 spiro atoms. The Morgan fingerprint density at radius 2 is 1.88 bits per heavy atom. The van der Waals surface area contributed by atoms with Crippen molar-refractivity contribution in [3.05, 3.63) is 47.8 Å². The zero-order valence-electron chi connectivity index (χ0n) is 15.2. The van der Waals surface area contributed by atoms with E-state index in [9.17, 15) is 4.79 Å². The molecular formula is C20H26N5O+. The van der Waals surface area contributed by atoms with Crippen molar-refractivity contribution in [2.24, 2.45) is 0 Å². The monoisotopic (exact) mass is 352 g/mol. The molecule has 26 heavy (non-hydrogen) atoms. The normalized spacial score (nSPS) is 18.4. The molecule has 1 saturated heterocycles. The number of amides is 1. The van der Waals surface area contributed by atoms with Crippen LogP contribution in [0.2, 0.25) is 0 Å². The number of anilines is 2. The van der Waals surface area contributed by atoms with Crippen LogP contribution < -0.4 is 15.1 Å². The number of piperazine rings is 1. The minimum absolute atomic E-state index is 0.0675. The molecule has 1 amide bonds. The number of nitrogens with one attached hydrogen (secondary N) is 2. The zero-order chi connectivity index (χ0) is 17.9. The highest BCUT2D eigenvalue weighted by Crippen LogP contribution is 2.24. The van der Waals surface area contributed by atoms with E-state index in [1.807, 2.05) is 19.1 Å². The maximum Gasteiger partial charge on any atom is 0.282 e. The van der Waals surface area contributed by atoms with Crippen molar-refractivity contribution >= 4 is 17.5 Å². The van der Waals surface area contributed by atoms with Crippen molar-refractivity contribution in [2.75, 3.05) is 36.4 Å². The summed E-state index contributed by atoms with van der Waals surface area (Å²) in [7, 11) is 0. The second kappa shape index (κ2) is 7.41. The lowest BCUT2D eigenvalue weighted by atomic mass is 10.1. The third-order valence-corrected chi connectivity index (χ3v) is 5.61. The fraction of sp³-hybridized carbons (Fsp3) is 0.450. The molecule has 0 bridgehead atoms. The van der Waals surface area contributed by atoms with Gasteiger partial charge in [0, 0.05) is 18.1 Å². The molecule has 0 unspecified atom stereocenters. The van der Waals surface area contributed by atoms with E-state index in [0.717, 1.165) is 44.2 Å².